The fourth-order valence-electron chi connectivity index (χ4n) is 2.94. The van der Waals surface area contributed by atoms with Crippen molar-refractivity contribution in [2.75, 3.05) is 25.0 Å². The van der Waals surface area contributed by atoms with Crippen LogP contribution in [0.15, 0.2) is 54.7 Å². The molecule has 0 aliphatic carbocycles. The van der Waals surface area contributed by atoms with E-state index in [9.17, 15) is 9.59 Å². The first kappa shape index (κ1) is 17.0. The van der Waals surface area contributed by atoms with Crippen LogP contribution >= 0.6 is 0 Å². The number of anilines is 1. The average Bonchev–Trinajstić information content (AvgIpc) is 2.68. The van der Waals surface area contributed by atoms with Crippen molar-refractivity contribution < 1.29 is 9.59 Å². The molecule has 0 radical (unpaired) electrons. The molecule has 6 heteroatoms. The zero-order valence-electron chi connectivity index (χ0n) is 14.0. The third-order valence-electron chi connectivity index (χ3n) is 4.38. The summed E-state index contributed by atoms with van der Waals surface area (Å²) in [5.74, 6) is 0.998. The first-order chi connectivity index (χ1) is 12.2. The van der Waals surface area contributed by atoms with Crippen molar-refractivity contribution in [1.29, 1.82) is 0 Å². The molecule has 1 saturated heterocycles. The molecule has 0 spiro atoms. The van der Waals surface area contributed by atoms with Crippen LogP contribution in [-0.4, -0.2) is 41.5 Å². The Balaban J connectivity index is 1.41. The summed E-state index contributed by atoms with van der Waals surface area (Å²) in [4.78, 5) is 30.2. The molecule has 1 aromatic heterocycles. The molecule has 3 amide bonds. The number of hydrogen-bond donors (Lipinski definition) is 2. The van der Waals surface area contributed by atoms with E-state index in [0.29, 0.717) is 18.3 Å². The van der Waals surface area contributed by atoms with E-state index in [1.165, 1.54) is 0 Å². The van der Waals surface area contributed by atoms with Crippen molar-refractivity contribution in [3.63, 3.8) is 0 Å². The predicted octanol–water partition coefficient (Wildman–Crippen LogP) is 2.76. The first-order valence-electron chi connectivity index (χ1n) is 8.52. The Morgan fingerprint density at radius 3 is 2.44 bits per heavy atom. The minimum Gasteiger partial charge on any atom is -0.339 e. The molecule has 1 aromatic carbocycles. The zero-order valence-corrected chi connectivity index (χ0v) is 14.0. The van der Waals surface area contributed by atoms with Gasteiger partial charge in [-0.2, -0.15) is 0 Å². The quantitative estimate of drug-likeness (QED) is 0.900. The lowest BCUT2D eigenvalue weighted by Crippen LogP contribution is -2.42. The van der Waals surface area contributed by atoms with Crippen molar-refractivity contribution in [2.45, 2.75) is 12.8 Å². The van der Waals surface area contributed by atoms with Crippen LogP contribution in [0.4, 0.5) is 10.6 Å². The number of nitrogens with zero attached hydrogens (tertiary/aromatic N) is 2. The molecular weight excluding hydrogens is 316 g/mol. The van der Waals surface area contributed by atoms with E-state index in [1.54, 1.807) is 18.3 Å². The maximum atomic E-state index is 12.4. The second kappa shape index (κ2) is 8.28. The number of nitrogens with one attached hydrogen (secondary N) is 2. The molecule has 1 aliphatic heterocycles. The lowest BCUT2D eigenvalue weighted by atomic mass is 9.96. The standard InChI is InChI=1S/C19H22N4O2/c24-18(16-6-2-1-3-7-16)23-12-9-15(10-13-23)14-21-19(25)22-17-8-4-5-11-20-17/h1-8,11,15H,9-10,12-14H2,(H2,20,21,22,25). The summed E-state index contributed by atoms with van der Waals surface area (Å²) < 4.78 is 0. The summed E-state index contributed by atoms with van der Waals surface area (Å²) in [6.45, 7) is 2.05. The second-order valence-electron chi connectivity index (χ2n) is 6.15. The highest BCUT2D eigenvalue weighted by molar-refractivity contribution is 5.94. The van der Waals surface area contributed by atoms with Gasteiger partial charge in [-0.3, -0.25) is 10.1 Å². The van der Waals surface area contributed by atoms with Crippen LogP contribution in [0, 0.1) is 5.92 Å². The number of aromatic nitrogens is 1. The van der Waals surface area contributed by atoms with Crippen LogP contribution in [0.1, 0.15) is 23.2 Å². The van der Waals surface area contributed by atoms with Crippen molar-refractivity contribution in [1.82, 2.24) is 15.2 Å². The summed E-state index contributed by atoms with van der Waals surface area (Å²) in [5.41, 5.74) is 0.730. The Hall–Kier alpha value is -2.89. The highest BCUT2D eigenvalue weighted by Gasteiger charge is 2.23. The molecule has 1 fully saturated rings. The van der Waals surface area contributed by atoms with Crippen LogP contribution in [-0.2, 0) is 0 Å². The van der Waals surface area contributed by atoms with Crippen molar-refractivity contribution in [3.05, 3.63) is 60.3 Å². The van der Waals surface area contributed by atoms with E-state index in [0.717, 1.165) is 31.5 Å². The number of amides is 3. The van der Waals surface area contributed by atoms with Gasteiger partial charge in [0.05, 0.1) is 0 Å². The molecule has 130 valence electrons. The monoisotopic (exact) mass is 338 g/mol. The lowest BCUT2D eigenvalue weighted by molar-refractivity contribution is 0.0691. The summed E-state index contributed by atoms with van der Waals surface area (Å²) in [5, 5.41) is 5.59. The van der Waals surface area contributed by atoms with Gasteiger partial charge >= 0.3 is 6.03 Å². The second-order valence-corrected chi connectivity index (χ2v) is 6.15. The molecule has 2 N–H and O–H groups in total. The first-order valence-corrected chi connectivity index (χ1v) is 8.52. The lowest BCUT2D eigenvalue weighted by Gasteiger charge is -2.32. The molecule has 0 unspecified atom stereocenters. The van der Waals surface area contributed by atoms with Crippen molar-refractivity contribution >= 4 is 17.8 Å². The number of hydrogen-bond acceptors (Lipinski definition) is 3. The topological polar surface area (TPSA) is 74.3 Å². The van der Waals surface area contributed by atoms with Crippen LogP contribution in [0.25, 0.3) is 0 Å². The fraction of sp³-hybridized carbons (Fsp3) is 0.316. The summed E-state index contributed by atoms with van der Waals surface area (Å²) >= 11 is 0. The van der Waals surface area contributed by atoms with E-state index in [4.69, 9.17) is 0 Å². The van der Waals surface area contributed by atoms with Gasteiger partial charge in [-0.1, -0.05) is 24.3 Å². The molecule has 0 bridgehead atoms. The number of carbonyl (C=O) groups excluding carboxylic acids is 2. The third-order valence-corrected chi connectivity index (χ3v) is 4.38. The van der Waals surface area contributed by atoms with Crippen molar-refractivity contribution in [3.8, 4) is 0 Å². The Morgan fingerprint density at radius 2 is 1.76 bits per heavy atom. The van der Waals surface area contributed by atoms with Gasteiger partial charge in [0.2, 0.25) is 0 Å². The highest BCUT2D eigenvalue weighted by atomic mass is 16.2. The number of urea groups is 1. The van der Waals surface area contributed by atoms with E-state index in [-0.39, 0.29) is 11.9 Å². The molecule has 0 atom stereocenters. The zero-order chi connectivity index (χ0) is 17.5. The van der Waals surface area contributed by atoms with Gasteiger partial charge in [-0.25, -0.2) is 9.78 Å². The smallest absolute Gasteiger partial charge is 0.320 e. The number of piperidine rings is 1. The molecule has 1 aliphatic rings. The molecule has 0 saturated carbocycles. The van der Waals surface area contributed by atoms with Gasteiger partial charge in [-0.05, 0) is 43.0 Å². The normalized spacial score (nSPS) is 14.8. The number of rotatable bonds is 4. The largest absolute Gasteiger partial charge is 0.339 e. The van der Waals surface area contributed by atoms with Crippen LogP contribution in [0.2, 0.25) is 0 Å². The molecule has 25 heavy (non-hydrogen) atoms. The van der Waals surface area contributed by atoms with Crippen LogP contribution in [0.3, 0.4) is 0 Å². The average molecular weight is 338 g/mol. The van der Waals surface area contributed by atoms with E-state index < -0.39 is 0 Å². The molecule has 6 nitrogen and oxygen atoms in total. The predicted molar refractivity (Wildman–Crippen MR) is 96.3 cm³/mol. The molecule has 2 heterocycles. The number of pyridine rings is 1. The van der Waals surface area contributed by atoms with Gasteiger partial charge in [-0.15, -0.1) is 0 Å². The summed E-state index contributed by atoms with van der Waals surface area (Å²) in [7, 11) is 0. The van der Waals surface area contributed by atoms with Gasteiger partial charge in [0.25, 0.3) is 5.91 Å². The minimum atomic E-state index is -0.249. The molecular formula is C19H22N4O2. The molecule has 3 rings (SSSR count). The van der Waals surface area contributed by atoms with Crippen LogP contribution < -0.4 is 10.6 Å². The van der Waals surface area contributed by atoms with Crippen LogP contribution in [0.5, 0.6) is 0 Å². The number of likely N-dealkylation sites (tertiary alicyclic amines) is 1. The van der Waals surface area contributed by atoms with Gasteiger partial charge in [0.15, 0.2) is 0 Å². The van der Waals surface area contributed by atoms with E-state index >= 15 is 0 Å². The van der Waals surface area contributed by atoms with Crippen molar-refractivity contribution in [2.24, 2.45) is 5.92 Å². The fourth-order valence-corrected chi connectivity index (χ4v) is 2.94. The Labute approximate surface area is 147 Å². The Kier molecular flexibility index (Phi) is 5.61. The third kappa shape index (κ3) is 4.79. The Bertz CT molecular complexity index is 698. The minimum absolute atomic E-state index is 0.0832. The number of benzene rings is 1. The van der Waals surface area contributed by atoms with Gasteiger partial charge in [0, 0.05) is 31.4 Å². The Morgan fingerprint density at radius 1 is 1.04 bits per heavy atom. The number of carbonyl (C=O) groups is 2. The summed E-state index contributed by atoms with van der Waals surface area (Å²) in [6.07, 6.45) is 3.42. The maximum absolute atomic E-state index is 12.4. The SMILES string of the molecule is O=C(NCC1CCN(C(=O)c2ccccc2)CC1)Nc1ccccn1. The van der Waals surface area contributed by atoms with Gasteiger partial charge < -0.3 is 10.2 Å². The molecule has 2 aromatic rings. The maximum Gasteiger partial charge on any atom is 0.320 e. The van der Waals surface area contributed by atoms with E-state index in [1.807, 2.05) is 41.3 Å². The van der Waals surface area contributed by atoms with E-state index in [2.05, 4.69) is 15.6 Å². The summed E-state index contributed by atoms with van der Waals surface area (Å²) in [6, 6.07) is 14.5. The highest BCUT2D eigenvalue weighted by Crippen LogP contribution is 2.18. The van der Waals surface area contributed by atoms with Gasteiger partial charge in [0.1, 0.15) is 5.82 Å².